The SMILES string of the molecule is COc1cccc(/C=N/NC(=O)CS(=O)(=O)Cc2cccc(C(F)(F)F)c2)c1O. The monoisotopic (exact) mass is 430 g/mol. The van der Waals surface area contributed by atoms with Gasteiger partial charge in [0.15, 0.2) is 21.3 Å². The zero-order valence-electron chi connectivity index (χ0n) is 15.1. The molecule has 11 heteroatoms. The normalized spacial score (nSPS) is 12.1. The molecule has 29 heavy (non-hydrogen) atoms. The van der Waals surface area contributed by atoms with E-state index in [4.69, 9.17) is 4.74 Å². The number of nitrogens with zero attached hydrogens (tertiary/aromatic N) is 1. The number of sulfone groups is 1. The molecule has 0 bridgehead atoms. The molecule has 0 aliphatic rings. The smallest absolute Gasteiger partial charge is 0.416 e. The second-order valence-corrected chi connectivity index (χ2v) is 7.99. The van der Waals surface area contributed by atoms with Crippen molar-refractivity contribution in [1.29, 1.82) is 0 Å². The van der Waals surface area contributed by atoms with Crippen LogP contribution in [-0.4, -0.2) is 38.5 Å². The van der Waals surface area contributed by atoms with Crippen molar-refractivity contribution in [3.63, 3.8) is 0 Å². The maximum absolute atomic E-state index is 12.7. The molecule has 7 nitrogen and oxygen atoms in total. The molecule has 0 saturated heterocycles. The van der Waals surface area contributed by atoms with E-state index in [1.54, 1.807) is 6.07 Å². The molecule has 0 unspecified atom stereocenters. The van der Waals surface area contributed by atoms with E-state index >= 15 is 0 Å². The average molecular weight is 430 g/mol. The molecule has 0 spiro atoms. The number of amides is 1. The van der Waals surface area contributed by atoms with Crippen LogP contribution in [0.25, 0.3) is 0 Å². The number of hydrazone groups is 1. The van der Waals surface area contributed by atoms with Crippen molar-refractivity contribution in [3.8, 4) is 11.5 Å². The minimum Gasteiger partial charge on any atom is -0.504 e. The molecule has 0 aliphatic carbocycles. The van der Waals surface area contributed by atoms with Gasteiger partial charge in [-0.15, -0.1) is 0 Å². The molecule has 2 aromatic rings. The largest absolute Gasteiger partial charge is 0.504 e. The van der Waals surface area contributed by atoms with Crippen molar-refractivity contribution in [2.75, 3.05) is 12.9 Å². The minimum absolute atomic E-state index is 0.0857. The van der Waals surface area contributed by atoms with Crippen LogP contribution in [0.3, 0.4) is 0 Å². The molecule has 0 saturated carbocycles. The predicted molar refractivity (Wildman–Crippen MR) is 99.3 cm³/mol. The van der Waals surface area contributed by atoms with E-state index in [0.29, 0.717) is 0 Å². The molecule has 0 atom stereocenters. The van der Waals surface area contributed by atoms with Crippen LogP contribution in [-0.2, 0) is 26.6 Å². The van der Waals surface area contributed by atoms with Gasteiger partial charge in [0.05, 0.1) is 24.6 Å². The van der Waals surface area contributed by atoms with Gasteiger partial charge in [0.25, 0.3) is 5.91 Å². The Balaban J connectivity index is 2.00. The van der Waals surface area contributed by atoms with Gasteiger partial charge in [0.1, 0.15) is 5.75 Å². The fourth-order valence-corrected chi connectivity index (χ4v) is 3.61. The summed E-state index contributed by atoms with van der Waals surface area (Å²) >= 11 is 0. The number of methoxy groups -OCH3 is 1. The summed E-state index contributed by atoms with van der Waals surface area (Å²) in [7, 11) is -2.68. The van der Waals surface area contributed by atoms with Gasteiger partial charge in [-0.25, -0.2) is 13.8 Å². The summed E-state index contributed by atoms with van der Waals surface area (Å²) in [5.74, 6) is -2.71. The first-order chi connectivity index (χ1) is 13.5. The first-order valence-electron chi connectivity index (χ1n) is 8.06. The maximum atomic E-state index is 12.7. The van der Waals surface area contributed by atoms with Crippen molar-refractivity contribution in [3.05, 3.63) is 59.2 Å². The molecule has 2 N–H and O–H groups in total. The third-order valence-corrected chi connectivity index (χ3v) is 5.11. The highest BCUT2D eigenvalue weighted by atomic mass is 32.2. The lowest BCUT2D eigenvalue weighted by atomic mass is 10.1. The fourth-order valence-electron chi connectivity index (χ4n) is 2.36. The Morgan fingerprint density at radius 2 is 1.93 bits per heavy atom. The van der Waals surface area contributed by atoms with Gasteiger partial charge >= 0.3 is 6.18 Å². The second kappa shape index (κ2) is 8.95. The first-order valence-corrected chi connectivity index (χ1v) is 9.88. The fraction of sp³-hybridized carbons (Fsp3) is 0.222. The van der Waals surface area contributed by atoms with E-state index in [9.17, 15) is 31.5 Å². The van der Waals surface area contributed by atoms with Crippen molar-refractivity contribution >= 4 is 22.0 Å². The van der Waals surface area contributed by atoms with Gasteiger partial charge in [0.2, 0.25) is 0 Å². The van der Waals surface area contributed by atoms with Crippen LogP contribution >= 0.6 is 0 Å². The number of benzene rings is 2. The Bertz CT molecular complexity index is 1020. The van der Waals surface area contributed by atoms with Gasteiger partial charge < -0.3 is 9.84 Å². The molecule has 1 amide bonds. The van der Waals surface area contributed by atoms with Crippen LogP contribution in [0.15, 0.2) is 47.6 Å². The summed E-state index contributed by atoms with van der Waals surface area (Å²) in [5.41, 5.74) is 1.15. The number of alkyl halides is 3. The number of carbonyl (C=O) groups excluding carboxylic acids is 1. The highest BCUT2D eigenvalue weighted by Crippen LogP contribution is 2.30. The number of ether oxygens (including phenoxy) is 1. The van der Waals surface area contributed by atoms with E-state index < -0.39 is 39.0 Å². The Hall–Kier alpha value is -3.08. The number of hydrogen-bond donors (Lipinski definition) is 2. The quantitative estimate of drug-likeness (QED) is 0.519. The highest BCUT2D eigenvalue weighted by Gasteiger charge is 2.30. The van der Waals surface area contributed by atoms with Crippen LogP contribution in [0.5, 0.6) is 11.5 Å². The van der Waals surface area contributed by atoms with E-state index in [0.717, 1.165) is 24.4 Å². The summed E-state index contributed by atoms with van der Waals surface area (Å²) < 4.78 is 67.2. The Labute approximate surface area is 164 Å². The van der Waals surface area contributed by atoms with Crippen LogP contribution in [0.4, 0.5) is 13.2 Å². The van der Waals surface area contributed by atoms with Gasteiger partial charge in [-0.1, -0.05) is 24.3 Å². The van der Waals surface area contributed by atoms with Gasteiger partial charge in [-0.2, -0.15) is 18.3 Å². The molecule has 0 fully saturated rings. The summed E-state index contributed by atoms with van der Waals surface area (Å²) in [4.78, 5) is 11.8. The third kappa shape index (κ3) is 6.49. The van der Waals surface area contributed by atoms with Gasteiger partial charge in [0, 0.05) is 5.56 Å². The first kappa shape index (κ1) is 22.2. The zero-order valence-corrected chi connectivity index (χ0v) is 15.9. The molecule has 2 aromatic carbocycles. The standard InChI is InChI=1S/C18H17F3N2O5S/c1-28-15-7-3-5-13(17(15)25)9-22-23-16(24)11-29(26,27)10-12-4-2-6-14(8-12)18(19,20)21/h2-9,25H,10-11H2,1H3,(H,23,24)/b22-9+. The summed E-state index contributed by atoms with van der Waals surface area (Å²) in [6.45, 7) is 0. The predicted octanol–water partition coefficient (Wildman–Crippen LogP) is 2.48. The average Bonchev–Trinajstić information content (AvgIpc) is 2.61. The number of aromatic hydroxyl groups is 1. The number of carbonyl (C=O) groups is 1. The summed E-state index contributed by atoms with van der Waals surface area (Å²) in [6, 6.07) is 8.43. The highest BCUT2D eigenvalue weighted by molar-refractivity contribution is 7.91. The minimum atomic E-state index is -4.60. The van der Waals surface area contributed by atoms with Crippen molar-refractivity contribution in [2.24, 2.45) is 5.10 Å². The molecule has 156 valence electrons. The van der Waals surface area contributed by atoms with Crippen molar-refractivity contribution in [1.82, 2.24) is 5.43 Å². The molecule has 0 radical (unpaired) electrons. The van der Waals surface area contributed by atoms with Crippen molar-refractivity contribution in [2.45, 2.75) is 11.9 Å². The number of rotatable bonds is 7. The number of halogens is 3. The second-order valence-electron chi connectivity index (χ2n) is 5.92. The molecular weight excluding hydrogens is 413 g/mol. The maximum Gasteiger partial charge on any atom is 0.416 e. The number of nitrogens with one attached hydrogen (secondary N) is 1. The lowest BCUT2D eigenvalue weighted by Crippen LogP contribution is -2.27. The summed E-state index contributed by atoms with van der Waals surface area (Å²) in [6.07, 6.45) is -3.51. The topological polar surface area (TPSA) is 105 Å². The number of phenols is 1. The number of phenolic OH excluding ortho intramolecular Hbond substituents is 1. The van der Waals surface area contributed by atoms with E-state index in [-0.39, 0.29) is 22.6 Å². The van der Waals surface area contributed by atoms with Gasteiger partial charge in [-0.05, 0) is 23.8 Å². The molecule has 0 heterocycles. The Morgan fingerprint density at radius 1 is 1.24 bits per heavy atom. The van der Waals surface area contributed by atoms with E-state index in [2.05, 4.69) is 5.10 Å². The van der Waals surface area contributed by atoms with Crippen LogP contribution in [0.2, 0.25) is 0 Å². The van der Waals surface area contributed by atoms with Gasteiger partial charge in [-0.3, -0.25) is 4.79 Å². The molecule has 2 rings (SSSR count). The van der Waals surface area contributed by atoms with E-state index in [1.807, 2.05) is 5.43 Å². The van der Waals surface area contributed by atoms with E-state index in [1.165, 1.54) is 25.3 Å². The molecular formula is C18H17F3N2O5S. The number of hydrogen-bond acceptors (Lipinski definition) is 6. The zero-order chi connectivity index (χ0) is 21.7. The number of para-hydroxylation sites is 1. The van der Waals surface area contributed by atoms with Crippen molar-refractivity contribution < 1.29 is 36.2 Å². The lowest BCUT2D eigenvalue weighted by Gasteiger charge is -2.09. The molecule has 0 aromatic heterocycles. The van der Waals surface area contributed by atoms with Crippen LogP contribution in [0, 0.1) is 0 Å². The summed E-state index contributed by atoms with van der Waals surface area (Å²) in [5, 5.41) is 13.4. The Kier molecular flexibility index (Phi) is 6.85. The Morgan fingerprint density at radius 3 is 2.59 bits per heavy atom. The van der Waals surface area contributed by atoms with Crippen LogP contribution < -0.4 is 10.2 Å². The van der Waals surface area contributed by atoms with Crippen LogP contribution in [0.1, 0.15) is 16.7 Å². The molecule has 0 aliphatic heterocycles. The third-order valence-electron chi connectivity index (χ3n) is 3.63. The lowest BCUT2D eigenvalue weighted by molar-refractivity contribution is -0.137.